The molecule has 0 saturated carbocycles. The second-order valence-electron chi connectivity index (χ2n) is 3.03. The Morgan fingerprint density at radius 1 is 1.62 bits per heavy atom. The van der Waals surface area contributed by atoms with E-state index in [4.69, 9.17) is 9.63 Å². The summed E-state index contributed by atoms with van der Waals surface area (Å²) in [6, 6.07) is 0. The lowest BCUT2D eigenvalue weighted by Crippen LogP contribution is -1.97. The van der Waals surface area contributed by atoms with E-state index in [0.717, 1.165) is 22.9 Å². The molecular formula is C9H8N2O3S2. The van der Waals surface area contributed by atoms with Crippen molar-refractivity contribution >= 4 is 29.1 Å². The molecule has 2 aromatic heterocycles. The predicted octanol–water partition coefficient (Wildman–Crippen LogP) is 2.28. The molecule has 0 aromatic carbocycles. The van der Waals surface area contributed by atoms with Gasteiger partial charge in [-0.25, -0.2) is 0 Å². The standard InChI is InChI=1S/C9H8N2O3S2/c1-5-2-15-3-6(5)8-10-9(14-11-8)16-4-7(12)13/h2-3H,4H2,1H3,(H,12,13). The van der Waals surface area contributed by atoms with Gasteiger partial charge in [-0.15, -0.1) is 0 Å². The predicted molar refractivity (Wildman–Crippen MR) is 60.7 cm³/mol. The van der Waals surface area contributed by atoms with Crippen molar-refractivity contribution in [3.8, 4) is 11.4 Å². The van der Waals surface area contributed by atoms with E-state index in [9.17, 15) is 4.79 Å². The number of aryl methyl sites for hydroxylation is 1. The smallest absolute Gasteiger partial charge is 0.314 e. The molecule has 0 unspecified atom stereocenters. The largest absolute Gasteiger partial charge is 0.481 e. The molecule has 0 amide bonds. The molecule has 2 aromatic rings. The molecule has 2 heterocycles. The molecular weight excluding hydrogens is 248 g/mol. The third-order valence-electron chi connectivity index (χ3n) is 1.82. The molecule has 7 heteroatoms. The summed E-state index contributed by atoms with van der Waals surface area (Å²) >= 11 is 2.58. The number of aromatic nitrogens is 2. The van der Waals surface area contributed by atoms with Gasteiger partial charge in [-0.1, -0.05) is 16.9 Å². The van der Waals surface area contributed by atoms with Crippen LogP contribution in [0.2, 0.25) is 0 Å². The lowest BCUT2D eigenvalue weighted by atomic mass is 10.2. The van der Waals surface area contributed by atoms with Crippen molar-refractivity contribution in [3.63, 3.8) is 0 Å². The summed E-state index contributed by atoms with van der Waals surface area (Å²) in [5.74, 6) is -0.479. The first-order chi connectivity index (χ1) is 7.66. The van der Waals surface area contributed by atoms with Crippen molar-refractivity contribution < 1.29 is 14.4 Å². The average Bonchev–Trinajstić information content (AvgIpc) is 2.83. The van der Waals surface area contributed by atoms with Crippen molar-refractivity contribution in [1.29, 1.82) is 0 Å². The highest BCUT2D eigenvalue weighted by Crippen LogP contribution is 2.26. The van der Waals surface area contributed by atoms with Crippen LogP contribution in [-0.4, -0.2) is 27.0 Å². The molecule has 84 valence electrons. The second-order valence-corrected chi connectivity index (χ2v) is 4.70. The van der Waals surface area contributed by atoms with Gasteiger partial charge in [0.05, 0.1) is 0 Å². The SMILES string of the molecule is Cc1cscc1-c1noc(SCC(=O)O)n1. The van der Waals surface area contributed by atoms with E-state index in [2.05, 4.69) is 10.1 Å². The van der Waals surface area contributed by atoms with E-state index in [1.807, 2.05) is 17.7 Å². The zero-order chi connectivity index (χ0) is 11.5. The van der Waals surface area contributed by atoms with Gasteiger partial charge in [0.25, 0.3) is 5.22 Å². The molecule has 0 aliphatic rings. The van der Waals surface area contributed by atoms with Gasteiger partial charge in [-0.2, -0.15) is 16.3 Å². The van der Waals surface area contributed by atoms with E-state index in [1.165, 1.54) is 0 Å². The van der Waals surface area contributed by atoms with Gasteiger partial charge in [0.15, 0.2) is 0 Å². The molecule has 1 N–H and O–H groups in total. The molecule has 0 saturated heterocycles. The van der Waals surface area contributed by atoms with Crippen LogP contribution >= 0.6 is 23.1 Å². The minimum atomic E-state index is -0.906. The number of rotatable bonds is 4. The molecule has 0 spiro atoms. The first-order valence-corrected chi connectivity index (χ1v) is 6.31. The molecule has 0 bridgehead atoms. The second kappa shape index (κ2) is 4.67. The van der Waals surface area contributed by atoms with Crippen LogP contribution < -0.4 is 0 Å². The van der Waals surface area contributed by atoms with E-state index in [1.54, 1.807) is 11.3 Å². The Labute approximate surface area is 99.5 Å². The fraction of sp³-hybridized carbons (Fsp3) is 0.222. The van der Waals surface area contributed by atoms with Gasteiger partial charge in [-0.3, -0.25) is 4.79 Å². The van der Waals surface area contributed by atoms with Gasteiger partial charge in [-0.05, 0) is 17.9 Å². The Morgan fingerprint density at radius 2 is 2.44 bits per heavy atom. The summed E-state index contributed by atoms with van der Waals surface area (Å²) in [7, 11) is 0. The zero-order valence-electron chi connectivity index (χ0n) is 8.34. The van der Waals surface area contributed by atoms with Crippen molar-refractivity contribution in [2.75, 3.05) is 5.75 Å². The minimum Gasteiger partial charge on any atom is -0.481 e. The first kappa shape index (κ1) is 11.2. The number of aliphatic carboxylic acids is 1. The van der Waals surface area contributed by atoms with E-state index in [0.29, 0.717) is 5.82 Å². The molecule has 2 rings (SSSR count). The number of hydrogen-bond acceptors (Lipinski definition) is 6. The lowest BCUT2D eigenvalue weighted by Gasteiger charge is -1.89. The number of carboxylic acid groups (broad SMARTS) is 1. The highest BCUT2D eigenvalue weighted by atomic mass is 32.2. The number of thioether (sulfide) groups is 1. The van der Waals surface area contributed by atoms with Crippen LogP contribution in [0.1, 0.15) is 5.56 Å². The molecule has 16 heavy (non-hydrogen) atoms. The van der Waals surface area contributed by atoms with Crippen LogP contribution in [0.4, 0.5) is 0 Å². The molecule has 0 aliphatic carbocycles. The van der Waals surface area contributed by atoms with Crippen LogP contribution in [0, 0.1) is 6.92 Å². The van der Waals surface area contributed by atoms with Gasteiger partial charge < -0.3 is 9.63 Å². The maximum Gasteiger partial charge on any atom is 0.314 e. The summed E-state index contributed by atoms with van der Waals surface area (Å²) in [4.78, 5) is 14.5. The van der Waals surface area contributed by atoms with Crippen molar-refractivity contribution in [1.82, 2.24) is 10.1 Å². The van der Waals surface area contributed by atoms with E-state index < -0.39 is 5.97 Å². The quantitative estimate of drug-likeness (QED) is 0.846. The third-order valence-corrected chi connectivity index (χ3v) is 3.49. The Hall–Kier alpha value is -1.34. The number of carbonyl (C=O) groups is 1. The van der Waals surface area contributed by atoms with Gasteiger partial charge in [0, 0.05) is 10.9 Å². The zero-order valence-corrected chi connectivity index (χ0v) is 9.97. The monoisotopic (exact) mass is 256 g/mol. The normalized spacial score (nSPS) is 10.6. The van der Waals surface area contributed by atoms with Crippen molar-refractivity contribution in [2.24, 2.45) is 0 Å². The summed E-state index contributed by atoms with van der Waals surface area (Å²) in [5.41, 5.74) is 2.01. The average molecular weight is 256 g/mol. The Bertz CT molecular complexity index is 506. The van der Waals surface area contributed by atoms with Crippen LogP contribution in [-0.2, 0) is 4.79 Å². The molecule has 0 radical (unpaired) electrons. The minimum absolute atomic E-state index is 0.0791. The highest BCUT2D eigenvalue weighted by Gasteiger charge is 2.12. The Kier molecular flexibility index (Phi) is 3.25. The summed E-state index contributed by atoms with van der Waals surface area (Å²) < 4.78 is 4.94. The number of thiophene rings is 1. The third kappa shape index (κ3) is 2.42. The van der Waals surface area contributed by atoms with Crippen molar-refractivity contribution in [3.05, 3.63) is 16.3 Å². The molecule has 0 aliphatic heterocycles. The van der Waals surface area contributed by atoms with Crippen LogP contribution in [0.25, 0.3) is 11.4 Å². The van der Waals surface area contributed by atoms with E-state index >= 15 is 0 Å². The number of hydrogen-bond donors (Lipinski definition) is 1. The van der Waals surface area contributed by atoms with Crippen LogP contribution in [0.3, 0.4) is 0 Å². The van der Waals surface area contributed by atoms with Gasteiger partial charge in [0.2, 0.25) is 5.82 Å². The maximum atomic E-state index is 10.4. The molecule has 0 fully saturated rings. The lowest BCUT2D eigenvalue weighted by molar-refractivity contribution is -0.133. The first-order valence-electron chi connectivity index (χ1n) is 4.38. The fourth-order valence-corrected chi connectivity index (χ4v) is 2.41. The highest BCUT2D eigenvalue weighted by molar-refractivity contribution is 7.99. The van der Waals surface area contributed by atoms with Gasteiger partial charge >= 0.3 is 5.97 Å². The Balaban J connectivity index is 2.14. The molecule has 5 nitrogen and oxygen atoms in total. The summed E-state index contributed by atoms with van der Waals surface area (Å²) in [6.45, 7) is 1.96. The number of carboxylic acids is 1. The molecule has 0 atom stereocenters. The van der Waals surface area contributed by atoms with E-state index in [-0.39, 0.29) is 11.0 Å². The van der Waals surface area contributed by atoms with Crippen LogP contribution in [0.15, 0.2) is 20.5 Å². The topological polar surface area (TPSA) is 76.2 Å². The summed E-state index contributed by atoms with van der Waals surface area (Å²) in [5, 5.41) is 16.5. The Morgan fingerprint density at radius 3 is 3.06 bits per heavy atom. The maximum absolute atomic E-state index is 10.4. The summed E-state index contributed by atoms with van der Waals surface area (Å²) in [6.07, 6.45) is 0. The van der Waals surface area contributed by atoms with Gasteiger partial charge in [0.1, 0.15) is 5.75 Å². The fourth-order valence-electron chi connectivity index (χ4n) is 1.09. The number of nitrogens with zero attached hydrogens (tertiary/aromatic N) is 2. The van der Waals surface area contributed by atoms with Crippen molar-refractivity contribution in [2.45, 2.75) is 12.1 Å². The van der Waals surface area contributed by atoms with Crippen LogP contribution in [0.5, 0.6) is 0 Å².